The van der Waals surface area contributed by atoms with Crippen LogP contribution in [0.15, 0.2) is 6.20 Å². The highest BCUT2D eigenvalue weighted by Crippen LogP contribution is 2.18. The Hall–Kier alpha value is -1.16. The molecule has 0 aliphatic heterocycles. The molecule has 4 nitrogen and oxygen atoms in total. The van der Waals surface area contributed by atoms with Crippen molar-refractivity contribution in [2.75, 3.05) is 26.0 Å². The van der Waals surface area contributed by atoms with E-state index in [0.717, 1.165) is 23.8 Å². The predicted molar refractivity (Wildman–Crippen MR) is 63.2 cm³/mol. The van der Waals surface area contributed by atoms with Crippen molar-refractivity contribution in [1.82, 2.24) is 15.3 Å². The zero-order valence-electron chi connectivity index (χ0n) is 10.2. The Bertz CT molecular complexity index is 320. The highest BCUT2D eigenvalue weighted by atomic mass is 15.1. The van der Waals surface area contributed by atoms with Gasteiger partial charge >= 0.3 is 0 Å². The van der Waals surface area contributed by atoms with Gasteiger partial charge in [-0.25, -0.2) is 9.97 Å². The number of aromatic nitrogens is 2. The van der Waals surface area contributed by atoms with Crippen LogP contribution in [0, 0.1) is 0 Å². The molecule has 84 valence electrons. The molecule has 1 rings (SSSR count). The van der Waals surface area contributed by atoms with Gasteiger partial charge in [0.05, 0.1) is 17.6 Å². The summed E-state index contributed by atoms with van der Waals surface area (Å²) < 4.78 is 0. The number of hydrogen-bond donors (Lipinski definition) is 1. The van der Waals surface area contributed by atoms with Gasteiger partial charge in [-0.3, -0.25) is 0 Å². The number of hydrogen-bond acceptors (Lipinski definition) is 4. The van der Waals surface area contributed by atoms with Gasteiger partial charge in [0.1, 0.15) is 5.82 Å². The van der Waals surface area contributed by atoms with Crippen LogP contribution >= 0.6 is 0 Å². The predicted octanol–water partition coefficient (Wildman–Crippen LogP) is 1.39. The lowest BCUT2D eigenvalue weighted by Gasteiger charge is -2.17. The van der Waals surface area contributed by atoms with E-state index in [2.05, 4.69) is 29.1 Å². The molecule has 1 heterocycles. The third-order valence-corrected chi connectivity index (χ3v) is 2.21. The Morgan fingerprint density at radius 1 is 1.40 bits per heavy atom. The zero-order chi connectivity index (χ0) is 11.4. The average Bonchev–Trinajstić information content (AvgIpc) is 2.17. The van der Waals surface area contributed by atoms with Crippen LogP contribution in [0.25, 0.3) is 0 Å². The monoisotopic (exact) mass is 208 g/mol. The minimum Gasteiger partial charge on any atom is -0.375 e. The number of nitrogens with zero attached hydrogens (tertiary/aromatic N) is 3. The minimum atomic E-state index is 0.372. The second-order valence-corrected chi connectivity index (χ2v) is 4.14. The molecular weight excluding hydrogens is 188 g/mol. The maximum atomic E-state index is 4.57. The van der Waals surface area contributed by atoms with E-state index < -0.39 is 0 Å². The maximum absolute atomic E-state index is 4.57. The molecule has 0 saturated carbocycles. The Kier molecular flexibility index (Phi) is 4.03. The lowest BCUT2D eigenvalue weighted by Crippen LogP contribution is -2.18. The second-order valence-electron chi connectivity index (χ2n) is 4.14. The first kappa shape index (κ1) is 11.9. The molecule has 1 aromatic heterocycles. The molecule has 1 aromatic rings. The Balaban J connectivity index is 3.08. The van der Waals surface area contributed by atoms with Crippen LogP contribution in [-0.2, 0) is 6.54 Å². The van der Waals surface area contributed by atoms with Crippen LogP contribution in [0.2, 0.25) is 0 Å². The summed E-state index contributed by atoms with van der Waals surface area (Å²) >= 11 is 0. The van der Waals surface area contributed by atoms with Crippen LogP contribution in [-0.4, -0.2) is 31.1 Å². The highest BCUT2D eigenvalue weighted by molar-refractivity contribution is 5.47. The quantitative estimate of drug-likeness (QED) is 0.811. The SMILES string of the molecule is CNCc1nc(C(C)C)ncc1N(C)C. The molecule has 0 bridgehead atoms. The van der Waals surface area contributed by atoms with Gasteiger partial charge in [0, 0.05) is 26.6 Å². The van der Waals surface area contributed by atoms with Crippen LogP contribution in [0.5, 0.6) is 0 Å². The smallest absolute Gasteiger partial charge is 0.131 e. The summed E-state index contributed by atoms with van der Waals surface area (Å²) in [4.78, 5) is 11.0. The van der Waals surface area contributed by atoms with Crippen molar-refractivity contribution in [3.63, 3.8) is 0 Å². The lowest BCUT2D eigenvalue weighted by molar-refractivity contribution is 0.724. The van der Waals surface area contributed by atoms with E-state index in [0.29, 0.717) is 5.92 Å². The molecule has 1 N–H and O–H groups in total. The van der Waals surface area contributed by atoms with E-state index >= 15 is 0 Å². The molecule has 15 heavy (non-hydrogen) atoms. The van der Waals surface area contributed by atoms with E-state index in [1.807, 2.05) is 32.2 Å². The molecule has 0 atom stereocenters. The van der Waals surface area contributed by atoms with Gasteiger partial charge < -0.3 is 10.2 Å². The molecule has 0 fully saturated rings. The van der Waals surface area contributed by atoms with Crippen molar-refractivity contribution in [3.8, 4) is 0 Å². The fraction of sp³-hybridized carbons (Fsp3) is 0.636. The molecule has 0 unspecified atom stereocenters. The fourth-order valence-electron chi connectivity index (χ4n) is 1.38. The van der Waals surface area contributed by atoms with Gasteiger partial charge in [-0.1, -0.05) is 13.8 Å². The van der Waals surface area contributed by atoms with Crippen LogP contribution in [0.1, 0.15) is 31.3 Å². The third-order valence-electron chi connectivity index (χ3n) is 2.21. The first-order chi connectivity index (χ1) is 7.06. The first-order valence-electron chi connectivity index (χ1n) is 5.24. The normalized spacial score (nSPS) is 10.8. The van der Waals surface area contributed by atoms with Gasteiger partial charge in [0.2, 0.25) is 0 Å². The van der Waals surface area contributed by atoms with Gasteiger partial charge in [-0.05, 0) is 7.05 Å². The lowest BCUT2D eigenvalue weighted by atomic mass is 10.2. The summed E-state index contributed by atoms with van der Waals surface area (Å²) in [6.45, 7) is 4.98. The molecule has 0 aliphatic carbocycles. The van der Waals surface area contributed by atoms with Crippen molar-refractivity contribution in [2.24, 2.45) is 0 Å². The van der Waals surface area contributed by atoms with Crippen molar-refractivity contribution in [1.29, 1.82) is 0 Å². The second kappa shape index (κ2) is 5.07. The summed E-state index contributed by atoms with van der Waals surface area (Å²) in [6.07, 6.45) is 1.90. The fourth-order valence-corrected chi connectivity index (χ4v) is 1.38. The Morgan fingerprint density at radius 3 is 2.53 bits per heavy atom. The first-order valence-corrected chi connectivity index (χ1v) is 5.24. The van der Waals surface area contributed by atoms with Crippen molar-refractivity contribution in [3.05, 3.63) is 17.7 Å². The highest BCUT2D eigenvalue weighted by Gasteiger charge is 2.10. The summed E-state index contributed by atoms with van der Waals surface area (Å²) in [7, 11) is 5.94. The summed E-state index contributed by atoms with van der Waals surface area (Å²) in [6, 6.07) is 0. The molecule has 0 spiro atoms. The number of nitrogens with one attached hydrogen (secondary N) is 1. The van der Waals surface area contributed by atoms with Gasteiger partial charge in [0.15, 0.2) is 0 Å². The Labute approximate surface area is 91.7 Å². The molecule has 4 heteroatoms. The summed E-state index contributed by atoms with van der Waals surface area (Å²) in [5.41, 5.74) is 2.13. The minimum absolute atomic E-state index is 0.372. The van der Waals surface area contributed by atoms with Crippen molar-refractivity contribution >= 4 is 5.69 Å². The number of rotatable bonds is 4. The van der Waals surface area contributed by atoms with E-state index in [1.54, 1.807) is 0 Å². The maximum Gasteiger partial charge on any atom is 0.131 e. The molecule has 0 saturated heterocycles. The van der Waals surface area contributed by atoms with E-state index in [-0.39, 0.29) is 0 Å². The molecule has 0 aromatic carbocycles. The van der Waals surface area contributed by atoms with E-state index in [1.165, 1.54) is 0 Å². The average molecular weight is 208 g/mol. The summed E-state index contributed by atoms with van der Waals surface area (Å²) in [5, 5.41) is 3.13. The standard InChI is InChI=1S/C11H20N4/c1-8(2)11-13-7-10(15(4)5)9(14-11)6-12-3/h7-8,12H,6H2,1-5H3. The Morgan fingerprint density at radius 2 is 2.07 bits per heavy atom. The molecular formula is C11H20N4. The van der Waals surface area contributed by atoms with Crippen molar-refractivity contribution in [2.45, 2.75) is 26.3 Å². The number of anilines is 1. The molecule has 0 radical (unpaired) electrons. The molecule has 0 aliphatic rings. The van der Waals surface area contributed by atoms with E-state index in [4.69, 9.17) is 0 Å². The van der Waals surface area contributed by atoms with Crippen LogP contribution < -0.4 is 10.2 Å². The van der Waals surface area contributed by atoms with Crippen LogP contribution in [0.4, 0.5) is 5.69 Å². The largest absolute Gasteiger partial charge is 0.375 e. The van der Waals surface area contributed by atoms with Crippen LogP contribution in [0.3, 0.4) is 0 Å². The zero-order valence-corrected chi connectivity index (χ0v) is 10.2. The van der Waals surface area contributed by atoms with Gasteiger partial charge in [-0.15, -0.1) is 0 Å². The van der Waals surface area contributed by atoms with E-state index in [9.17, 15) is 0 Å². The molecule has 0 amide bonds. The van der Waals surface area contributed by atoms with Gasteiger partial charge in [0.25, 0.3) is 0 Å². The topological polar surface area (TPSA) is 41.1 Å². The third kappa shape index (κ3) is 2.89. The van der Waals surface area contributed by atoms with Crippen molar-refractivity contribution < 1.29 is 0 Å². The summed E-state index contributed by atoms with van der Waals surface area (Å²) in [5.74, 6) is 1.28. The van der Waals surface area contributed by atoms with Gasteiger partial charge in [-0.2, -0.15) is 0 Å².